The van der Waals surface area contributed by atoms with Crippen LogP contribution in [0.3, 0.4) is 0 Å². The van der Waals surface area contributed by atoms with Gasteiger partial charge >= 0.3 is 47.9 Å². The topological polar surface area (TPSA) is 97.3 Å². The molecule has 3 aromatic carbocycles. The Morgan fingerprint density at radius 3 is 2.13 bits per heavy atom. The summed E-state index contributed by atoms with van der Waals surface area (Å²) in [6, 6.07) is 12.4. The standard InChI is InChI=1S/C38H40F6N4O5.Na.H/c1-24(2)26-6-9-34(51-3)33(18-26)32-8-7-31(53-12-4-5-35(49)50)17-27(32)23-48(36-45-20-30(21-46-36)47-10-13-52-14-11-47)22-25-15-28(37(39,40)41)19-29(16-25)38(42,43)44;;/h6-9,15-21,24H,4-5,10-14,22-23H2,1-3H3,(H,49,50);;. The van der Waals surface area contributed by atoms with Crippen LogP contribution in [0.1, 0.15) is 60.4 Å². The number of hydrogen-bond acceptors (Lipinski definition) is 8. The summed E-state index contributed by atoms with van der Waals surface area (Å²) in [5, 5.41) is 9.05. The number of halogens is 6. The van der Waals surface area contributed by atoms with Gasteiger partial charge in [-0.25, -0.2) is 9.97 Å². The first-order valence-electron chi connectivity index (χ1n) is 17.0. The van der Waals surface area contributed by atoms with Gasteiger partial charge in [-0.3, -0.25) is 4.79 Å². The number of carboxylic acids is 1. The van der Waals surface area contributed by atoms with E-state index in [1.807, 2.05) is 36.9 Å². The number of ether oxygens (including phenoxy) is 3. The molecular weight excluding hydrogens is 729 g/mol. The van der Waals surface area contributed by atoms with E-state index >= 15 is 0 Å². The van der Waals surface area contributed by atoms with Gasteiger partial charge in [-0.2, -0.15) is 26.3 Å². The van der Waals surface area contributed by atoms with Crippen molar-refractivity contribution in [3.63, 3.8) is 0 Å². The van der Waals surface area contributed by atoms with Crippen molar-refractivity contribution in [2.45, 2.75) is 58.0 Å². The maximum atomic E-state index is 13.9. The zero-order chi connectivity index (χ0) is 38.3. The van der Waals surface area contributed by atoms with Crippen LogP contribution in [0, 0.1) is 0 Å². The molecule has 0 amide bonds. The van der Waals surface area contributed by atoms with E-state index in [0.29, 0.717) is 72.3 Å². The Balaban J connectivity index is 0.00000650. The SMILES string of the molecule is COc1ccc(C(C)C)cc1-c1ccc(OCCCC(=O)O)cc1CN(Cc1cc(C(F)(F)F)cc(C(F)(F)F)c1)c1ncc(N2CCOCC2)cn1.[NaH]. The Morgan fingerprint density at radius 1 is 0.907 bits per heavy atom. The van der Waals surface area contributed by atoms with Crippen molar-refractivity contribution >= 4 is 47.2 Å². The van der Waals surface area contributed by atoms with E-state index < -0.39 is 36.0 Å². The van der Waals surface area contributed by atoms with Crippen molar-refractivity contribution in [1.29, 1.82) is 0 Å². The summed E-state index contributed by atoms with van der Waals surface area (Å²) in [4.78, 5) is 23.6. The molecule has 9 nitrogen and oxygen atoms in total. The predicted molar refractivity (Wildman–Crippen MR) is 193 cm³/mol. The number of rotatable bonds is 14. The molecule has 1 aromatic heterocycles. The fourth-order valence-electron chi connectivity index (χ4n) is 5.96. The van der Waals surface area contributed by atoms with Crippen molar-refractivity contribution in [1.82, 2.24) is 9.97 Å². The molecular formula is C38H41F6N4NaO5. The second kappa shape index (κ2) is 18.5. The number of nitrogens with zero attached hydrogens (tertiary/aromatic N) is 4. The number of morpholine rings is 1. The van der Waals surface area contributed by atoms with E-state index in [9.17, 15) is 31.1 Å². The molecule has 0 spiro atoms. The molecule has 1 N–H and O–H groups in total. The number of carboxylic acid groups (broad SMARTS) is 1. The van der Waals surface area contributed by atoms with Gasteiger partial charge < -0.3 is 29.1 Å². The molecule has 1 aliphatic heterocycles. The molecule has 2 heterocycles. The van der Waals surface area contributed by atoms with E-state index in [1.165, 1.54) is 12.0 Å². The van der Waals surface area contributed by atoms with Crippen molar-refractivity contribution in [2.75, 3.05) is 49.8 Å². The minimum absolute atomic E-state index is 0. The van der Waals surface area contributed by atoms with Crippen molar-refractivity contribution in [2.24, 2.45) is 0 Å². The summed E-state index contributed by atoms with van der Waals surface area (Å²) < 4.78 is 100. The van der Waals surface area contributed by atoms with Gasteiger partial charge in [0.1, 0.15) is 11.5 Å². The van der Waals surface area contributed by atoms with Crippen LogP contribution < -0.4 is 19.3 Å². The number of hydrogen-bond donors (Lipinski definition) is 1. The van der Waals surface area contributed by atoms with Gasteiger partial charge in [0.15, 0.2) is 0 Å². The van der Waals surface area contributed by atoms with E-state index in [1.54, 1.807) is 30.6 Å². The third-order valence-electron chi connectivity index (χ3n) is 8.73. The van der Waals surface area contributed by atoms with Gasteiger partial charge in [-0.1, -0.05) is 26.0 Å². The first kappa shape index (κ1) is 42.7. The summed E-state index contributed by atoms with van der Waals surface area (Å²) in [7, 11) is 1.52. The van der Waals surface area contributed by atoms with Gasteiger partial charge in [-0.15, -0.1) is 0 Å². The van der Waals surface area contributed by atoms with Crippen LogP contribution in [-0.2, 0) is 35.0 Å². The first-order chi connectivity index (χ1) is 25.1. The average Bonchev–Trinajstić information content (AvgIpc) is 3.12. The molecule has 0 atom stereocenters. The van der Waals surface area contributed by atoms with E-state index in [4.69, 9.17) is 19.3 Å². The summed E-state index contributed by atoms with van der Waals surface area (Å²) >= 11 is 0. The molecule has 0 bridgehead atoms. The molecule has 54 heavy (non-hydrogen) atoms. The molecule has 0 saturated carbocycles. The van der Waals surface area contributed by atoms with Crippen LogP contribution in [0.4, 0.5) is 38.0 Å². The molecule has 0 radical (unpaired) electrons. The first-order valence-corrected chi connectivity index (χ1v) is 17.0. The summed E-state index contributed by atoms with van der Waals surface area (Å²) in [6.07, 6.45) is -6.81. The molecule has 1 aliphatic rings. The normalized spacial score (nSPS) is 13.4. The number of benzene rings is 3. The molecule has 16 heteroatoms. The molecule has 286 valence electrons. The summed E-state index contributed by atoms with van der Waals surface area (Å²) in [5.74, 6) is 0.166. The second-order valence-corrected chi connectivity index (χ2v) is 12.9. The molecule has 1 saturated heterocycles. The van der Waals surface area contributed by atoms with Crippen molar-refractivity contribution in [3.8, 4) is 22.6 Å². The Kier molecular flexibility index (Phi) is 14.6. The number of aliphatic carboxylic acids is 1. The maximum absolute atomic E-state index is 13.9. The Morgan fingerprint density at radius 2 is 1.56 bits per heavy atom. The van der Waals surface area contributed by atoms with Gasteiger partial charge in [-0.05, 0) is 77.1 Å². The number of aromatic nitrogens is 2. The number of alkyl halides is 6. The Bertz CT molecular complexity index is 1840. The number of methoxy groups -OCH3 is 1. The predicted octanol–water partition coefficient (Wildman–Crippen LogP) is 7.95. The van der Waals surface area contributed by atoms with E-state index in [-0.39, 0.29) is 79.0 Å². The number of carbonyl (C=O) groups is 1. The zero-order valence-corrected chi connectivity index (χ0v) is 29.4. The average molecular weight is 771 g/mol. The van der Waals surface area contributed by atoms with Gasteiger partial charge in [0.05, 0.1) is 56.1 Å². The molecule has 1 fully saturated rings. The quantitative estimate of drug-likeness (QED) is 0.0779. The third-order valence-corrected chi connectivity index (χ3v) is 8.73. The molecule has 4 aromatic rings. The summed E-state index contributed by atoms with van der Waals surface area (Å²) in [5.41, 5.74) is 0.507. The van der Waals surface area contributed by atoms with Crippen LogP contribution in [0.5, 0.6) is 11.5 Å². The van der Waals surface area contributed by atoms with Crippen LogP contribution in [0.15, 0.2) is 67.0 Å². The molecule has 0 aliphatic carbocycles. The van der Waals surface area contributed by atoms with Gasteiger partial charge in [0, 0.05) is 38.2 Å². The van der Waals surface area contributed by atoms with E-state index in [0.717, 1.165) is 5.56 Å². The van der Waals surface area contributed by atoms with E-state index in [2.05, 4.69) is 9.97 Å². The van der Waals surface area contributed by atoms with Gasteiger partial charge in [0.2, 0.25) is 5.95 Å². The fourth-order valence-corrected chi connectivity index (χ4v) is 5.96. The fraction of sp³-hybridized carbons (Fsp3) is 0.395. The Labute approximate surface area is 331 Å². The van der Waals surface area contributed by atoms with Crippen LogP contribution in [0.2, 0.25) is 0 Å². The van der Waals surface area contributed by atoms with Crippen LogP contribution in [-0.4, -0.2) is 90.6 Å². The third kappa shape index (κ3) is 11.2. The summed E-state index contributed by atoms with van der Waals surface area (Å²) in [6.45, 7) is 5.86. The number of anilines is 2. The van der Waals surface area contributed by atoms with Crippen LogP contribution >= 0.6 is 0 Å². The Hall–Kier alpha value is -4.05. The van der Waals surface area contributed by atoms with Crippen molar-refractivity contribution < 1.29 is 50.5 Å². The zero-order valence-electron chi connectivity index (χ0n) is 29.4. The van der Waals surface area contributed by atoms with Crippen molar-refractivity contribution in [3.05, 3.63) is 94.8 Å². The second-order valence-electron chi connectivity index (χ2n) is 12.9. The molecule has 5 rings (SSSR count). The van der Waals surface area contributed by atoms with Gasteiger partial charge in [0.25, 0.3) is 0 Å². The van der Waals surface area contributed by atoms with Crippen LogP contribution in [0.25, 0.3) is 11.1 Å². The monoisotopic (exact) mass is 770 g/mol. The molecule has 0 unspecified atom stereocenters. The minimum atomic E-state index is -5.03.